The molecule has 2 aromatic carbocycles. The predicted octanol–water partition coefficient (Wildman–Crippen LogP) is 3.39. The van der Waals surface area contributed by atoms with Crippen LogP contribution in [0.15, 0.2) is 71.9 Å². The number of aliphatic hydroxyl groups is 1. The van der Waals surface area contributed by atoms with Crippen molar-refractivity contribution in [1.82, 2.24) is 14.2 Å². The third-order valence-electron chi connectivity index (χ3n) is 6.78. The molecule has 3 aromatic rings. The van der Waals surface area contributed by atoms with E-state index in [1.807, 2.05) is 56.6 Å². The number of aromatic nitrogens is 1. The second-order valence-corrected chi connectivity index (χ2v) is 11.8. The van der Waals surface area contributed by atoms with Crippen molar-refractivity contribution in [3.63, 3.8) is 0 Å². The molecule has 2 heterocycles. The van der Waals surface area contributed by atoms with Crippen molar-refractivity contribution in [2.75, 3.05) is 33.9 Å². The van der Waals surface area contributed by atoms with Crippen LogP contribution in [0.4, 0.5) is 0 Å². The molecule has 8 nitrogen and oxygen atoms in total. The number of hydrogen-bond acceptors (Lipinski definition) is 7. The molecule has 0 saturated carbocycles. The van der Waals surface area contributed by atoms with Gasteiger partial charge in [-0.25, -0.2) is 8.42 Å². The number of likely N-dealkylation sites (N-methyl/N-ethyl adjacent to an activating group) is 1. The number of fused-ring (bicyclic) bond motifs is 1. The quantitative estimate of drug-likeness (QED) is 0.452. The second-order valence-electron chi connectivity index (χ2n) is 9.91. The number of sulfonamides is 1. The molecule has 9 heteroatoms. The monoisotopic (exact) mass is 549 g/mol. The molecule has 1 aliphatic rings. The van der Waals surface area contributed by atoms with Gasteiger partial charge in [0, 0.05) is 49.6 Å². The van der Waals surface area contributed by atoms with E-state index in [9.17, 15) is 13.5 Å². The van der Waals surface area contributed by atoms with Crippen molar-refractivity contribution < 1.29 is 23.0 Å². The van der Waals surface area contributed by atoms with Crippen LogP contribution in [0.1, 0.15) is 30.5 Å². The number of rotatable bonds is 7. The first-order chi connectivity index (χ1) is 18.7. The molecular formula is C30H35N3O5S. The van der Waals surface area contributed by atoms with E-state index in [1.54, 1.807) is 38.4 Å². The number of methoxy groups -OCH3 is 1. The van der Waals surface area contributed by atoms with E-state index in [1.165, 1.54) is 4.31 Å². The van der Waals surface area contributed by atoms with Gasteiger partial charge in [0.1, 0.15) is 22.5 Å². The third kappa shape index (κ3) is 6.78. The first-order valence-electron chi connectivity index (χ1n) is 12.9. The van der Waals surface area contributed by atoms with Crippen molar-refractivity contribution in [3.8, 4) is 23.3 Å². The smallest absolute Gasteiger partial charge is 0.247 e. The number of pyridine rings is 1. The Morgan fingerprint density at radius 1 is 1.21 bits per heavy atom. The maximum absolute atomic E-state index is 13.7. The van der Waals surface area contributed by atoms with Crippen LogP contribution in [0.3, 0.4) is 0 Å². The molecule has 206 valence electrons. The lowest BCUT2D eigenvalue weighted by atomic mass is 10.0. The van der Waals surface area contributed by atoms with Crippen LogP contribution in [0.2, 0.25) is 0 Å². The van der Waals surface area contributed by atoms with E-state index in [-0.39, 0.29) is 35.8 Å². The molecule has 0 radical (unpaired) electrons. The molecule has 0 unspecified atom stereocenters. The summed E-state index contributed by atoms with van der Waals surface area (Å²) in [6, 6.07) is 15.7. The van der Waals surface area contributed by atoms with Gasteiger partial charge in [-0.2, -0.15) is 4.31 Å². The van der Waals surface area contributed by atoms with Crippen molar-refractivity contribution in [2.45, 2.75) is 37.4 Å². The van der Waals surface area contributed by atoms with Crippen molar-refractivity contribution >= 4 is 10.0 Å². The lowest BCUT2D eigenvalue weighted by molar-refractivity contribution is 0.0733. The SMILES string of the molecule is COc1ccccc1C#Cc1ccc2c(c1)O[C@H](CN(C)Cc1cccnc1)[C@H](C)CN([C@H](C)CO)S2(=O)=O. The van der Waals surface area contributed by atoms with E-state index in [0.29, 0.717) is 24.4 Å². The first kappa shape index (κ1) is 28.6. The number of benzene rings is 2. The molecule has 0 fully saturated rings. The number of nitrogens with zero attached hydrogens (tertiary/aromatic N) is 3. The van der Waals surface area contributed by atoms with Crippen LogP contribution in [0.25, 0.3) is 0 Å². The molecule has 0 bridgehead atoms. The van der Waals surface area contributed by atoms with Gasteiger partial charge >= 0.3 is 0 Å². The van der Waals surface area contributed by atoms with Gasteiger partial charge in [0.15, 0.2) is 0 Å². The van der Waals surface area contributed by atoms with Crippen LogP contribution >= 0.6 is 0 Å². The fourth-order valence-electron chi connectivity index (χ4n) is 4.58. The van der Waals surface area contributed by atoms with Gasteiger partial charge in [-0.3, -0.25) is 9.88 Å². The average molecular weight is 550 g/mol. The van der Waals surface area contributed by atoms with Crippen molar-refractivity contribution in [1.29, 1.82) is 0 Å². The second kappa shape index (κ2) is 12.6. The molecule has 0 spiro atoms. The minimum Gasteiger partial charge on any atom is -0.495 e. The third-order valence-corrected chi connectivity index (χ3v) is 8.80. The Morgan fingerprint density at radius 3 is 2.72 bits per heavy atom. The molecule has 0 saturated heterocycles. The van der Waals surface area contributed by atoms with Gasteiger partial charge in [0.25, 0.3) is 0 Å². The number of hydrogen-bond donors (Lipinski definition) is 1. The summed E-state index contributed by atoms with van der Waals surface area (Å²) in [6.45, 7) is 4.87. The van der Waals surface area contributed by atoms with E-state index >= 15 is 0 Å². The molecular weight excluding hydrogens is 514 g/mol. The van der Waals surface area contributed by atoms with E-state index in [0.717, 1.165) is 11.1 Å². The summed E-state index contributed by atoms with van der Waals surface area (Å²) in [6.07, 6.45) is 3.26. The Balaban J connectivity index is 1.71. The van der Waals surface area contributed by atoms with Crippen LogP contribution in [-0.2, 0) is 16.6 Å². The van der Waals surface area contributed by atoms with Gasteiger partial charge in [-0.05, 0) is 55.9 Å². The molecule has 4 rings (SSSR count). The zero-order valence-electron chi connectivity index (χ0n) is 22.7. The summed E-state index contributed by atoms with van der Waals surface area (Å²) < 4.78 is 40.7. The minimum absolute atomic E-state index is 0.0671. The van der Waals surface area contributed by atoms with Crippen LogP contribution in [0.5, 0.6) is 11.5 Å². The Kier molecular flexibility index (Phi) is 9.25. The van der Waals surface area contributed by atoms with E-state index in [4.69, 9.17) is 9.47 Å². The number of ether oxygens (including phenoxy) is 2. The predicted molar refractivity (Wildman–Crippen MR) is 150 cm³/mol. The van der Waals surface area contributed by atoms with Gasteiger partial charge < -0.3 is 14.6 Å². The Hall–Kier alpha value is -3.42. The maximum atomic E-state index is 13.7. The molecule has 1 aliphatic heterocycles. The van der Waals surface area contributed by atoms with E-state index in [2.05, 4.69) is 21.7 Å². The normalized spacial score (nSPS) is 19.5. The summed E-state index contributed by atoms with van der Waals surface area (Å²) >= 11 is 0. The van der Waals surface area contributed by atoms with Gasteiger partial charge in [-0.1, -0.05) is 37.0 Å². The first-order valence-corrected chi connectivity index (χ1v) is 14.3. The van der Waals surface area contributed by atoms with Crippen molar-refractivity contribution in [2.24, 2.45) is 5.92 Å². The largest absolute Gasteiger partial charge is 0.495 e. The fraction of sp³-hybridized carbons (Fsp3) is 0.367. The summed E-state index contributed by atoms with van der Waals surface area (Å²) in [7, 11) is -0.327. The number of aliphatic hydroxyl groups excluding tert-OH is 1. The fourth-order valence-corrected chi connectivity index (χ4v) is 6.41. The zero-order valence-corrected chi connectivity index (χ0v) is 23.6. The maximum Gasteiger partial charge on any atom is 0.247 e. The highest BCUT2D eigenvalue weighted by Crippen LogP contribution is 2.34. The highest BCUT2D eigenvalue weighted by Gasteiger charge is 2.38. The van der Waals surface area contributed by atoms with Gasteiger partial charge in [0.2, 0.25) is 10.0 Å². The molecule has 1 N–H and O–H groups in total. The molecule has 1 aromatic heterocycles. The molecule has 3 atom stereocenters. The summed E-state index contributed by atoms with van der Waals surface area (Å²) in [5, 5.41) is 9.88. The highest BCUT2D eigenvalue weighted by atomic mass is 32.2. The van der Waals surface area contributed by atoms with Gasteiger partial charge in [0.05, 0.1) is 19.3 Å². The van der Waals surface area contributed by atoms with E-state index < -0.39 is 16.1 Å². The Labute approximate surface area is 231 Å². The molecule has 0 aliphatic carbocycles. The lowest BCUT2D eigenvalue weighted by Crippen LogP contribution is -2.49. The Bertz CT molecular complexity index is 1440. The zero-order chi connectivity index (χ0) is 28.0. The van der Waals surface area contributed by atoms with Crippen LogP contribution in [0, 0.1) is 17.8 Å². The standard InChI is InChI=1S/C30H35N3O5S/c1-22-18-33(23(2)21-34)39(35,36)30-14-12-24(11-13-26-9-5-6-10-27(26)37-4)16-28(30)38-29(22)20-32(3)19-25-8-7-15-31-17-25/h5-10,12,14-17,22-23,29,34H,18-21H2,1-4H3/t22-,23-,29-/m1/s1. The molecule has 39 heavy (non-hydrogen) atoms. The summed E-state index contributed by atoms with van der Waals surface area (Å²) in [5.74, 6) is 7.00. The summed E-state index contributed by atoms with van der Waals surface area (Å²) in [5.41, 5.74) is 2.42. The molecule has 0 amide bonds. The van der Waals surface area contributed by atoms with Crippen LogP contribution in [-0.4, -0.2) is 73.7 Å². The Morgan fingerprint density at radius 2 is 2.00 bits per heavy atom. The van der Waals surface area contributed by atoms with Gasteiger partial charge in [-0.15, -0.1) is 0 Å². The average Bonchev–Trinajstić information content (AvgIpc) is 2.94. The summed E-state index contributed by atoms with van der Waals surface area (Å²) in [4.78, 5) is 6.40. The topological polar surface area (TPSA) is 92.2 Å². The lowest BCUT2D eigenvalue weighted by Gasteiger charge is -2.37. The highest BCUT2D eigenvalue weighted by molar-refractivity contribution is 7.89. The van der Waals surface area contributed by atoms with Crippen molar-refractivity contribution in [3.05, 3.63) is 83.7 Å². The minimum atomic E-state index is -3.92. The number of para-hydroxylation sites is 1. The van der Waals surface area contributed by atoms with Crippen LogP contribution < -0.4 is 9.47 Å².